The van der Waals surface area contributed by atoms with Gasteiger partial charge in [-0.25, -0.2) is 4.79 Å². The summed E-state index contributed by atoms with van der Waals surface area (Å²) >= 11 is 12.2. The largest absolute Gasteiger partial charge is 0.470 e. The van der Waals surface area contributed by atoms with Crippen LogP contribution in [-0.4, -0.2) is 9.97 Å². The van der Waals surface area contributed by atoms with E-state index in [0.717, 1.165) is 11.1 Å². The molecule has 0 bridgehead atoms. The van der Waals surface area contributed by atoms with Crippen molar-refractivity contribution in [2.24, 2.45) is 0 Å². The van der Waals surface area contributed by atoms with Crippen molar-refractivity contribution in [1.29, 1.82) is 0 Å². The molecule has 4 rings (SSSR count). The molecular formula is C19H14Cl2N2O3. The van der Waals surface area contributed by atoms with Crippen molar-refractivity contribution < 1.29 is 4.74 Å². The van der Waals surface area contributed by atoms with Crippen molar-refractivity contribution in [1.82, 2.24) is 9.97 Å². The van der Waals surface area contributed by atoms with E-state index < -0.39 is 11.2 Å². The van der Waals surface area contributed by atoms with Gasteiger partial charge < -0.3 is 4.74 Å². The first-order chi connectivity index (χ1) is 12.5. The van der Waals surface area contributed by atoms with Crippen LogP contribution in [0.25, 0.3) is 0 Å². The predicted molar refractivity (Wildman–Crippen MR) is 100 cm³/mol. The smallest absolute Gasteiger partial charge is 0.328 e. The van der Waals surface area contributed by atoms with E-state index >= 15 is 0 Å². The molecule has 0 fully saturated rings. The average Bonchev–Trinajstić information content (AvgIpc) is 2.63. The second-order valence-corrected chi connectivity index (χ2v) is 6.94. The normalized spacial score (nSPS) is 18.8. The zero-order valence-corrected chi connectivity index (χ0v) is 15.0. The summed E-state index contributed by atoms with van der Waals surface area (Å²) in [5.41, 5.74) is 1.11. The van der Waals surface area contributed by atoms with Gasteiger partial charge in [-0.2, -0.15) is 0 Å². The van der Waals surface area contributed by atoms with Gasteiger partial charge in [0.2, 0.25) is 5.88 Å². The molecule has 0 radical (unpaired) electrons. The van der Waals surface area contributed by atoms with E-state index in [1.807, 2.05) is 36.4 Å². The van der Waals surface area contributed by atoms with Crippen LogP contribution in [0.15, 0.2) is 58.1 Å². The minimum absolute atomic E-state index is 0.190. The van der Waals surface area contributed by atoms with E-state index in [4.69, 9.17) is 27.9 Å². The molecule has 0 aliphatic carbocycles. The molecule has 0 amide bonds. The Morgan fingerprint density at radius 2 is 1.69 bits per heavy atom. The summed E-state index contributed by atoms with van der Waals surface area (Å²) in [4.78, 5) is 29.0. The molecule has 0 spiro atoms. The molecule has 26 heavy (non-hydrogen) atoms. The van der Waals surface area contributed by atoms with Gasteiger partial charge in [0.05, 0.1) is 15.6 Å². The minimum atomic E-state index is -0.602. The van der Waals surface area contributed by atoms with Crippen LogP contribution in [0.5, 0.6) is 5.88 Å². The zero-order valence-electron chi connectivity index (χ0n) is 13.5. The number of hydrogen-bond acceptors (Lipinski definition) is 3. The molecular weight excluding hydrogens is 375 g/mol. The third-order valence-electron chi connectivity index (χ3n) is 4.52. The maximum atomic E-state index is 12.4. The highest BCUT2D eigenvalue weighted by molar-refractivity contribution is 6.42. The Morgan fingerprint density at radius 1 is 0.923 bits per heavy atom. The predicted octanol–water partition coefficient (Wildman–Crippen LogP) is 4.03. The van der Waals surface area contributed by atoms with Gasteiger partial charge in [0.25, 0.3) is 5.56 Å². The summed E-state index contributed by atoms with van der Waals surface area (Å²) in [6, 6.07) is 14.9. The first kappa shape index (κ1) is 16.9. The van der Waals surface area contributed by atoms with E-state index in [2.05, 4.69) is 9.97 Å². The maximum absolute atomic E-state index is 12.4. The second-order valence-electron chi connectivity index (χ2n) is 6.13. The molecule has 0 saturated carbocycles. The summed E-state index contributed by atoms with van der Waals surface area (Å²) < 4.78 is 5.95. The number of nitrogens with one attached hydrogen (secondary N) is 2. The molecule has 7 heteroatoms. The minimum Gasteiger partial charge on any atom is -0.470 e. The van der Waals surface area contributed by atoms with Gasteiger partial charge in [0.15, 0.2) is 0 Å². The Hall–Kier alpha value is -2.50. The lowest BCUT2D eigenvalue weighted by Gasteiger charge is -2.31. The Labute approximate surface area is 158 Å². The summed E-state index contributed by atoms with van der Waals surface area (Å²) in [6.07, 6.45) is 0.227. The van der Waals surface area contributed by atoms with Crippen molar-refractivity contribution in [2.45, 2.75) is 18.4 Å². The van der Waals surface area contributed by atoms with Gasteiger partial charge in [-0.05, 0) is 29.7 Å². The first-order valence-corrected chi connectivity index (χ1v) is 8.81. The van der Waals surface area contributed by atoms with Crippen LogP contribution < -0.4 is 16.0 Å². The molecule has 5 nitrogen and oxygen atoms in total. The van der Waals surface area contributed by atoms with Gasteiger partial charge >= 0.3 is 5.69 Å². The fraction of sp³-hybridized carbons (Fsp3) is 0.158. The van der Waals surface area contributed by atoms with Crippen molar-refractivity contribution >= 4 is 23.2 Å². The molecule has 132 valence electrons. The van der Waals surface area contributed by atoms with Crippen LogP contribution in [0, 0.1) is 0 Å². The van der Waals surface area contributed by atoms with Gasteiger partial charge in [-0.1, -0.05) is 59.6 Å². The highest BCUT2D eigenvalue weighted by Crippen LogP contribution is 2.43. The topological polar surface area (TPSA) is 75.0 Å². The Balaban J connectivity index is 1.87. The number of hydrogen-bond donors (Lipinski definition) is 2. The SMILES string of the molecule is O=c1[nH]c2c(c(=O)[nH]1)[C@@H](c1ccc(Cl)c(Cl)c1)C[C@@H](c1ccccc1)O2. The van der Waals surface area contributed by atoms with Gasteiger partial charge in [-0.15, -0.1) is 0 Å². The van der Waals surface area contributed by atoms with Crippen molar-refractivity contribution in [3.63, 3.8) is 0 Å². The molecule has 0 saturated heterocycles. The molecule has 2 N–H and O–H groups in total. The lowest BCUT2D eigenvalue weighted by molar-refractivity contribution is 0.157. The Kier molecular flexibility index (Phi) is 4.34. The summed E-state index contributed by atoms with van der Waals surface area (Å²) in [5, 5.41) is 0.854. The van der Waals surface area contributed by atoms with Crippen molar-refractivity contribution in [3.05, 3.63) is 96.1 Å². The van der Waals surface area contributed by atoms with E-state index in [1.165, 1.54) is 0 Å². The van der Waals surface area contributed by atoms with Crippen LogP contribution >= 0.6 is 23.2 Å². The fourth-order valence-corrected chi connectivity index (χ4v) is 3.62. The number of ether oxygens (including phenoxy) is 1. The van der Waals surface area contributed by atoms with E-state index in [-0.39, 0.29) is 17.9 Å². The number of fused-ring (bicyclic) bond motifs is 1. The number of H-pyrrole nitrogens is 2. The van der Waals surface area contributed by atoms with Gasteiger partial charge in [-0.3, -0.25) is 14.8 Å². The fourth-order valence-electron chi connectivity index (χ4n) is 3.31. The number of halogens is 2. The van der Waals surface area contributed by atoms with Crippen LogP contribution in [0.1, 0.15) is 35.1 Å². The Bertz CT molecular complexity index is 1080. The molecule has 3 aromatic rings. The molecule has 0 unspecified atom stereocenters. The first-order valence-electron chi connectivity index (χ1n) is 8.06. The van der Waals surface area contributed by atoms with E-state index in [1.54, 1.807) is 12.1 Å². The highest BCUT2D eigenvalue weighted by Gasteiger charge is 2.33. The molecule has 2 heterocycles. The lowest BCUT2D eigenvalue weighted by atomic mass is 9.84. The molecule has 1 aliphatic heterocycles. The third kappa shape index (κ3) is 3.04. The highest BCUT2D eigenvalue weighted by atomic mass is 35.5. The number of aromatic amines is 2. The summed E-state index contributed by atoms with van der Waals surface area (Å²) in [5.74, 6) is -0.103. The Morgan fingerprint density at radius 3 is 2.42 bits per heavy atom. The monoisotopic (exact) mass is 388 g/mol. The number of benzene rings is 2. The van der Waals surface area contributed by atoms with Crippen LogP contribution in [0.2, 0.25) is 10.0 Å². The molecule has 1 aromatic heterocycles. The van der Waals surface area contributed by atoms with Gasteiger partial charge in [0, 0.05) is 5.92 Å². The van der Waals surface area contributed by atoms with Crippen LogP contribution in [0.4, 0.5) is 0 Å². The molecule has 2 aromatic carbocycles. The number of rotatable bonds is 2. The number of aromatic nitrogens is 2. The average molecular weight is 389 g/mol. The quantitative estimate of drug-likeness (QED) is 0.695. The van der Waals surface area contributed by atoms with Gasteiger partial charge in [0.1, 0.15) is 6.10 Å². The third-order valence-corrected chi connectivity index (χ3v) is 5.26. The molecule has 1 aliphatic rings. The maximum Gasteiger partial charge on any atom is 0.328 e. The molecule has 2 atom stereocenters. The van der Waals surface area contributed by atoms with E-state index in [0.29, 0.717) is 22.0 Å². The summed E-state index contributed by atoms with van der Waals surface area (Å²) in [7, 11) is 0. The van der Waals surface area contributed by atoms with Crippen molar-refractivity contribution in [3.8, 4) is 5.88 Å². The van der Waals surface area contributed by atoms with Crippen molar-refractivity contribution in [2.75, 3.05) is 0 Å². The van der Waals surface area contributed by atoms with Crippen LogP contribution in [0.3, 0.4) is 0 Å². The van der Waals surface area contributed by atoms with E-state index in [9.17, 15) is 9.59 Å². The second kappa shape index (κ2) is 6.67. The standard InChI is InChI=1S/C19H14Cl2N2O3/c20-13-7-6-11(8-14(13)21)12-9-15(10-4-2-1-3-5-10)26-18-16(12)17(24)22-19(25)23-18/h1-8,12,15H,9H2,(H2,22,23,24,25)/t12-,15+/m1/s1. The van der Waals surface area contributed by atoms with Crippen LogP contribution in [-0.2, 0) is 0 Å². The summed E-state index contributed by atoms with van der Waals surface area (Å²) in [6.45, 7) is 0. The lowest BCUT2D eigenvalue weighted by Crippen LogP contribution is -2.33. The zero-order chi connectivity index (χ0) is 18.3.